The second-order valence-electron chi connectivity index (χ2n) is 4.99. The third-order valence-corrected chi connectivity index (χ3v) is 4.29. The summed E-state index contributed by atoms with van der Waals surface area (Å²) in [6.45, 7) is 0. The van der Waals surface area contributed by atoms with Gasteiger partial charge in [-0.2, -0.15) is 0 Å². The fourth-order valence-corrected chi connectivity index (χ4v) is 3.29. The summed E-state index contributed by atoms with van der Waals surface area (Å²) in [7, 11) is 0. The van der Waals surface area contributed by atoms with Crippen molar-refractivity contribution in [2.24, 2.45) is 4.99 Å². The topological polar surface area (TPSA) is 17.3 Å². The average Bonchev–Trinajstić information content (AvgIpc) is 2.81. The van der Waals surface area contributed by atoms with Gasteiger partial charge in [0.25, 0.3) is 0 Å². The van der Waals surface area contributed by atoms with Crippen molar-refractivity contribution in [3.8, 4) is 0 Å². The van der Waals surface area contributed by atoms with Crippen molar-refractivity contribution in [3.63, 3.8) is 0 Å². The Labute approximate surface area is 125 Å². The number of aliphatic imine (C=N–C) groups is 1. The first-order chi connectivity index (χ1) is 9.84. The van der Waals surface area contributed by atoms with Crippen LogP contribution in [-0.2, 0) is 0 Å². The second kappa shape index (κ2) is 4.60. The average molecular weight is 325 g/mol. The lowest BCUT2D eigenvalue weighted by Gasteiger charge is -2.17. The maximum absolute atomic E-state index is 4.64. The van der Waals surface area contributed by atoms with Crippen LogP contribution >= 0.6 is 15.9 Å². The van der Waals surface area contributed by atoms with E-state index in [1.807, 2.05) is 12.3 Å². The fourth-order valence-electron chi connectivity index (χ4n) is 2.94. The van der Waals surface area contributed by atoms with Crippen molar-refractivity contribution in [2.75, 3.05) is 0 Å². The number of aromatic nitrogens is 1. The van der Waals surface area contributed by atoms with E-state index in [4.69, 9.17) is 0 Å². The molecule has 20 heavy (non-hydrogen) atoms. The Kier molecular flexibility index (Phi) is 2.74. The SMILES string of the molecule is Brc1ccc2c3ccccc3n(C3CC=CC=N3)c2c1. The monoisotopic (exact) mass is 324 g/mol. The van der Waals surface area contributed by atoms with Gasteiger partial charge in [-0.1, -0.05) is 46.3 Å². The van der Waals surface area contributed by atoms with Gasteiger partial charge in [-0.25, -0.2) is 0 Å². The molecule has 4 rings (SSSR count). The van der Waals surface area contributed by atoms with Crippen LogP contribution in [0.5, 0.6) is 0 Å². The smallest absolute Gasteiger partial charge is 0.129 e. The van der Waals surface area contributed by atoms with Crippen LogP contribution in [0.1, 0.15) is 12.6 Å². The first-order valence-corrected chi connectivity index (χ1v) is 7.50. The summed E-state index contributed by atoms with van der Waals surface area (Å²) < 4.78 is 3.44. The summed E-state index contributed by atoms with van der Waals surface area (Å²) in [5.74, 6) is 0. The molecule has 2 aromatic carbocycles. The minimum atomic E-state index is 0.150. The van der Waals surface area contributed by atoms with Crippen LogP contribution in [-0.4, -0.2) is 10.8 Å². The molecule has 3 aromatic rings. The summed E-state index contributed by atoms with van der Waals surface area (Å²) >= 11 is 3.58. The molecular formula is C17H13BrN2. The lowest BCUT2D eigenvalue weighted by molar-refractivity contribution is 0.562. The number of benzene rings is 2. The molecule has 0 amide bonds. The second-order valence-corrected chi connectivity index (χ2v) is 5.91. The Hall–Kier alpha value is -1.87. The highest BCUT2D eigenvalue weighted by molar-refractivity contribution is 9.10. The normalized spacial score (nSPS) is 18.1. The number of fused-ring (bicyclic) bond motifs is 3. The van der Waals surface area contributed by atoms with Gasteiger partial charge in [-0.05, 0) is 24.3 Å². The summed E-state index contributed by atoms with van der Waals surface area (Å²) in [5, 5.41) is 2.58. The molecule has 1 aliphatic rings. The number of hydrogen-bond acceptors (Lipinski definition) is 1. The van der Waals surface area contributed by atoms with Gasteiger partial charge >= 0.3 is 0 Å². The van der Waals surface area contributed by atoms with Gasteiger partial charge in [0.1, 0.15) is 6.17 Å². The molecule has 0 saturated carbocycles. The maximum atomic E-state index is 4.64. The van der Waals surface area contributed by atoms with E-state index in [2.05, 4.69) is 74.0 Å². The molecule has 0 bridgehead atoms. The van der Waals surface area contributed by atoms with Crippen molar-refractivity contribution in [1.82, 2.24) is 4.57 Å². The van der Waals surface area contributed by atoms with Crippen LogP contribution in [0.3, 0.4) is 0 Å². The molecule has 0 radical (unpaired) electrons. The number of halogens is 1. The lowest BCUT2D eigenvalue weighted by Crippen LogP contribution is -2.07. The summed E-state index contributed by atoms with van der Waals surface area (Å²) in [6.07, 6.45) is 7.18. The predicted octanol–water partition coefficient (Wildman–Crippen LogP) is 5.09. The number of para-hydroxylation sites is 1. The van der Waals surface area contributed by atoms with Crippen molar-refractivity contribution in [1.29, 1.82) is 0 Å². The molecule has 0 spiro atoms. The molecule has 2 heterocycles. The highest BCUT2D eigenvalue weighted by Gasteiger charge is 2.17. The minimum absolute atomic E-state index is 0.150. The first-order valence-electron chi connectivity index (χ1n) is 6.71. The number of allylic oxidation sites excluding steroid dienone is 1. The zero-order valence-electron chi connectivity index (χ0n) is 10.8. The van der Waals surface area contributed by atoms with Gasteiger partial charge in [-0.3, -0.25) is 4.99 Å². The van der Waals surface area contributed by atoms with Gasteiger partial charge in [0.15, 0.2) is 0 Å². The van der Waals surface area contributed by atoms with Crippen LogP contribution in [0.25, 0.3) is 21.8 Å². The number of nitrogens with zero attached hydrogens (tertiary/aromatic N) is 2. The van der Waals surface area contributed by atoms with Gasteiger partial charge < -0.3 is 4.57 Å². The fraction of sp³-hybridized carbons (Fsp3) is 0.118. The molecule has 0 fully saturated rings. The van der Waals surface area contributed by atoms with E-state index in [1.165, 1.54) is 21.8 Å². The first kappa shape index (κ1) is 11.9. The third kappa shape index (κ3) is 1.74. The standard InChI is InChI=1S/C17H13BrN2/c18-12-8-9-14-13-5-1-2-6-15(13)20(16(14)11-12)17-7-3-4-10-19-17/h1-6,8-11,17H,7H2. The Morgan fingerprint density at radius 2 is 1.90 bits per heavy atom. The van der Waals surface area contributed by atoms with Gasteiger partial charge in [0.05, 0.1) is 11.0 Å². The zero-order chi connectivity index (χ0) is 13.5. The predicted molar refractivity (Wildman–Crippen MR) is 88.4 cm³/mol. The molecule has 2 nitrogen and oxygen atoms in total. The van der Waals surface area contributed by atoms with Crippen molar-refractivity contribution in [3.05, 3.63) is 59.1 Å². The Morgan fingerprint density at radius 3 is 2.75 bits per heavy atom. The van der Waals surface area contributed by atoms with Crippen molar-refractivity contribution < 1.29 is 0 Å². The molecule has 0 N–H and O–H groups in total. The summed E-state index contributed by atoms with van der Waals surface area (Å²) in [4.78, 5) is 4.64. The Balaban J connectivity index is 2.11. The van der Waals surface area contributed by atoms with E-state index in [-0.39, 0.29) is 6.17 Å². The molecule has 1 atom stereocenters. The molecule has 0 aliphatic carbocycles. The van der Waals surface area contributed by atoms with Gasteiger partial charge in [0.2, 0.25) is 0 Å². The number of rotatable bonds is 1. The van der Waals surface area contributed by atoms with Crippen LogP contribution in [0.15, 0.2) is 64.1 Å². The Bertz CT molecular complexity index is 858. The molecular weight excluding hydrogens is 312 g/mol. The molecule has 1 unspecified atom stereocenters. The number of hydrogen-bond donors (Lipinski definition) is 0. The van der Waals surface area contributed by atoms with E-state index in [0.29, 0.717) is 0 Å². The van der Waals surface area contributed by atoms with Gasteiger partial charge in [0, 0.05) is 27.9 Å². The molecule has 98 valence electrons. The molecule has 3 heteroatoms. The van der Waals surface area contributed by atoms with E-state index < -0.39 is 0 Å². The molecule has 0 saturated heterocycles. The lowest BCUT2D eigenvalue weighted by atomic mass is 10.2. The van der Waals surface area contributed by atoms with Gasteiger partial charge in [-0.15, -0.1) is 0 Å². The van der Waals surface area contributed by atoms with Crippen molar-refractivity contribution in [2.45, 2.75) is 12.6 Å². The summed E-state index contributed by atoms with van der Waals surface area (Å²) in [5.41, 5.74) is 2.48. The molecule has 1 aliphatic heterocycles. The van der Waals surface area contributed by atoms with Crippen LogP contribution in [0, 0.1) is 0 Å². The van der Waals surface area contributed by atoms with Crippen LogP contribution in [0.4, 0.5) is 0 Å². The quantitative estimate of drug-likeness (QED) is 0.593. The van der Waals surface area contributed by atoms with Crippen LogP contribution < -0.4 is 0 Å². The minimum Gasteiger partial charge on any atom is -0.317 e. The van der Waals surface area contributed by atoms with E-state index in [0.717, 1.165) is 10.9 Å². The highest BCUT2D eigenvalue weighted by Crippen LogP contribution is 2.35. The zero-order valence-corrected chi connectivity index (χ0v) is 12.4. The van der Waals surface area contributed by atoms with E-state index in [9.17, 15) is 0 Å². The largest absolute Gasteiger partial charge is 0.317 e. The summed E-state index contributed by atoms with van der Waals surface area (Å²) in [6, 6.07) is 15.0. The third-order valence-electron chi connectivity index (χ3n) is 3.80. The highest BCUT2D eigenvalue weighted by atomic mass is 79.9. The maximum Gasteiger partial charge on any atom is 0.129 e. The molecule has 1 aromatic heterocycles. The van der Waals surface area contributed by atoms with E-state index >= 15 is 0 Å². The van der Waals surface area contributed by atoms with Crippen LogP contribution in [0.2, 0.25) is 0 Å². The number of dihydropyridines is 1. The van der Waals surface area contributed by atoms with Crippen molar-refractivity contribution >= 4 is 44.0 Å². The Morgan fingerprint density at radius 1 is 1.05 bits per heavy atom. The van der Waals surface area contributed by atoms with E-state index in [1.54, 1.807) is 0 Å².